The van der Waals surface area contributed by atoms with Crippen molar-refractivity contribution in [3.8, 4) is 0 Å². The molecule has 5 nitrogen and oxygen atoms in total. The molecule has 1 heterocycles. The lowest BCUT2D eigenvalue weighted by atomic mass is 10.8. The third kappa shape index (κ3) is 1.84. The van der Waals surface area contributed by atoms with Crippen molar-refractivity contribution < 1.29 is 0 Å². The van der Waals surface area contributed by atoms with Crippen LogP contribution in [0.3, 0.4) is 0 Å². The number of aromatic nitrogens is 3. The maximum atomic E-state index is 5.46. The number of hydrogen-bond acceptors (Lipinski definition) is 5. The fourth-order valence-corrected chi connectivity index (χ4v) is 1.29. The highest BCUT2D eigenvalue weighted by atomic mass is 32.2. The van der Waals surface area contributed by atoms with Crippen LogP contribution in [-0.4, -0.2) is 27.1 Å². The van der Waals surface area contributed by atoms with E-state index in [1.54, 1.807) is 16.3 Å². The molecule has 0 spiro atoms. The summed E-state index contributed by atoms with van der Waals surface area (Å²) in [5.41, 5.74) is 10.8. The van der Waals surface area contributed by atoms with Crippen molar-refractivity contribution >= 4 is 17.7 Å². The zero-order chi connectivity index (χ0) is 8.27. The molecule has 0 aromatic carbocycles. The van der Waals surface area contributed by atoms with Gasteiger partial charge in [0, 0.05) is 19.3 Å². The van der Waals surface area contributed by atoms with Gasteiger partial charge >= 0.3 is 0 Å². The standard InChI is InChI=1S/C5H11N5S/c1-10-4(7)8-9-5(10)11-3-2-6/h2-3,6H2,1H3,(H2,7,8). The Balaban J connectivity index is 2.63. The molecule has 0 fully saturated rings. The van der Waals surface area contributed by atoms with Crippen LogP contribution in [0.5, 0.6) is 0 Å². The Hall–Kier alpha value is -0.750. The Morgan fingerprint density at radius 2 is 2.27 bits per heavy atom. The van der Waals surface area contributed by atoms with Crippen LogP contribution in [0.15, 0.2) is 5.16 Å². The maximum absolute atomic E-state index is 5.46. The third-order valence-electron chi connectivity index (χ3n) is 1.22. The second-order valence-corrected chi connectivity index (χ2v) is 3.10. The first kappa shape index (κ1) is 8.35. The molecule has 0 aliphatic carbocycles. The number of rotatable bonds is 3. The summed E-state index contributed by atoms with van der Waals surface area (Å²) in [6.45, 7) is 0.636. The van der Waals surface area contributed by atoms with Crippen molar-refractivity contribution in [2.45, 2.75) is 5.16 Å². The van der Waals surface area contributed by atoms with Gasteiger partial charge in [-0.15, -0.1) is 10.2 Å². The second-order valence-electron chi connectivity index (χ2n) is 2.04. The average molecular weight is 173 g/mol. The lowest BCUT2D eigenvalue weighted by Gasteiger charge is -1.97. The highest BCUT2D eigenvalue weighted by Gasteiger charge is 2.03. The topological polar surface area (TPSA) is 82.8 Å². The van der Waals surface area contributed by atoms with Crippen molar-refractivity contribution in [1.29, 1.82) is 0 Å². The molecule has 0 saturated carbocycles. The maximum Gasteiger partial charge on any atom is 0.222 e. The fraction of sp³-hybridized carbons (Fsp3) is 0.600. The van der Waals surface area contributed by atoms with Crippen LogP contribution < -0.4 is 11.5 Å². The van der Waals surface area contributed by atoms with Gasteiger partial charge in [-0.3, -0.25) is 4.57 Å². The summed E-state index contributed by atoms with van der Waals surface area (Å²) >= 11 is 1.55. The minimum absolute atomic E-state index is 0.435. The van der Waals surface area contributed by atoms with Crippen LogP contribution in [0.2, 0.25) is 0 Å². The zero-order valence-corrected chi connectivity index (χ0v) is 7.14. The summed E-state index contributed by atoms with van der Waals surface area (Å²) in [7, 11) is 1.83. The van der Waals surface area contributed by atoms with E-state index >= 15 is 0 Å². The first-order chi connectivity index (χ1) is 5.25. The third-order valence-corrected chi connectivity index (χ3v) is 2.27. The van der Waals surface area contributed by atoms with E-state index in [0.29, 0.717) is 12.5 Å². The summed E-state index contributed by atoms with van der Waals surface area (Å²) in [5.74, 6) is 1.27. The molecule has 0 atom stereocenters. The predicted octanol–water partition coefficient (Wildman–Crippen LogP) is -0.552. The second kappa shape index (κ2) is 3.59. The molecule has 6 heteroatoms. The van der Waals surface area contributed by atoms with Crippen LogP contribution in [0.1, 0.15) is 0 Å². The first-order valence-electron chi connectivity index (χ1n) is 3.23. The Morgan fingerprint density at radius 3 is 2.73 bits per heavy atom. The number of nitrogens with two attached hydrogens (primary N) is 2. The lowest BCUT2D eigenvalue weighted by molar-refractivity contribution is 0.795. The van der Waals surface area contributed by atoms with Crippen LogP contribution in [-0.2, 0) is 7.05 Å². The van der Waals surface area contributed by atoms with Gasteiger partial charge in [0.2, 0.25) is 5.95 Å². The summed E-state index contributed by atoms with van der Waals surface area (Å²) in [6.07, 6.45) is 0. The van der Waals surface area contributed by atoms with Crippen molar-refractivity contribution in [2.24, 2.45) is 12.8 Å². The number of thioether (sulfide) groups is 1. The largest absolute Gasteiger partial charge is 0.368 e. The molecule has 1 aromatic rings. The highest BCUT2D eigenvalue weighted by Crippen LogP contribution is 2.14. The predicted molar refractivity (Wildman–Crippen MR) is 45.2 cm³/mol. The fourth-order valence-electron chi connectivity index (χ4n) is 0.602. The number of nitrogens with zero attached hydrogens (tertiary/aromatic N) is 3. The molecule has 0 aliphatic rings. The van der Waals surface area contributed by atoms with Crippen molar-refractivity contribution in [3.63, 3.8) is 0 Å². The summed E-state index contributed by atoms with van der Waals surface area (Å²) in [4.78, 5) is 0. The molecule has 0 amide bonds. The molecule has 4 N–H and O–H groups in total. The molecular formula is C5H11N5S. The van der Waals surface area contributed by atoms with E-state index in [-0.39, 0.29) is 0 Å². The van der Waals surface area contributed by atoms with Gasteiger partial charge in [0.25, 0.3) is 0 Å². The molecule has 0 saturated heterocycles. The Morgan fingerprint density at radius 1 is 1.55 bits per heavy atom. The molecule has 62 valence electrons. The van der Waals surface area contributed by atoms with E-state index < -0.39 is 0 Å². The van der Waals surface area contributed by atoms with Crippen molar-refractivity contribution in [2.75, 3.05) is 18.0 Å². The van der Waals surface area contributed by atoms with Gasteiger partial charge in [-0.2, -0.15) is 0 Å². The van der Waals surface area contributed by atoms with E-state index in [1.807, 2.05) is 7.05 Å². The van der Waals surface area contributed by atoms with E-state index in [1.165, 1.54) is 0 Å². The molecule has 1 rings (SSSR count). The molecule has 0 bridgehead atoms. The van der Waals surface area contributed by atoms with Crippen LogP contribution in [0.4, 0.5) is 5.95 Å². The monoisotopic (exact) mass is 173 g/mol. The first-order valence-corrected chi connectivity index (χ1v) is 4.22. The Bertz CT molecular complexity index is 233. The van der Waals surface area contributed by atoms with Gasteiger partial charge in [0.15, 0.2) is 5.16 Å². The lowest BCUT2D eigenvalue weighted by Crippen LogP contribution is -2.03. The molecule has 0 radical (unpaired) electrons. The van der Waals surface area contributed by atoms with E-state index in [2.05, 4.69) is 10.2 Å². The molecule has 0 aliphatic heterocycles. The van der Waals surface area contributed by atoms with Gasteiger partial charge in [-0.1, -0.05) is 11.8 Å². The van der Waals surface area contributed by atoms with Crippen molar-refractivity contribution in [3.05, 3.63) is 0 Å². The number of hydrogen-bond donors (Lipinski definition) is 2. The van der Waals surface area contributed by atoms with E-state index in [0.717, 1.165) is 10.9 Å². The normalized spacial score (nSPS) is 10.4. The van der Waals surface area contributed by atoms with Gasteiger partial charge < -0.3 is 11.5 Å². The van der Waals surface area contributed by atoms with Gasteiger partial charge in [-0.25, -0.2) is 0 Å². The quantitative estimate of drug-likeness (QED) is 0.599. The van der Waals surface area contributed by atoms with Gasteiger partial charge in [-0.05, 0) is 0 Å². The van der Waals surface area contributed by atoms with Crippen LogP contribution in [0, 0.1) is 0 Å². The van der Waals surface area contributed by atoms with Gasteiger partial charge in [0.1, 0.15) is 0 Å². The minimum Gasteiger partial charge on any atom is -0.368 e. The smallest absolute Gasteiger partial charge is 0.222 e. The minimum atomic E-state index is 0.435. The van der Waals surface area contributed by atoms with E-state index in [9.17, 15) is 0 Å². The van der Waals surface area contributed by atoms with Gasteiger partial charge in [0.05, 0.1) is 0 Å². The summed E-state index contributed by atoms with van der Waals surface area (Å²) in [5, 5.41) is 8.36. The number of anilines is 1. The zero-order valence-electron chi connectivity index (χ0n) is 6.32. The van der Waals surface area contributed by atoms with Crippen LogP contribution >= 0.6 is 11.8 Å². The van der Waals surface area contributed by atoms with Crippen LogP contribution in [0.25, 0.3) is 0 Å². The summed E-state index contributed by atoms with van der Waals surface area (Å²) < 4.78 is 1.74. The highest BCUT2D eigenvalue weighted by molar-refractivity contribution is 7.99. The molecule has 0 unspecified atom stereocenters. The van der Waals surface area contributed by atoms with E-state index in [4.69, 9.17) is 11.5 Å². The molecular weight excluding hydrogens is 162 g/mol. The molecule has 1 aromatic heterocycles. The number of nitrogen functional groups attached to an aromatic ring is 1. The summed E-state index contributed by atoms with van der Waals surface area (Å²) in [6, 6.07) is 0. The Labute approximate surface area is 69.2 Å². The average Bonchev–Trinajstić information content (AvgIpc) is 2.31. The molecule has 11 heavy (non-hydrogen) atoms. The van der Waals surface area contributed by atoms with Crippen molar-refractivity contribution in [1.82, 2.24) is 14.8 Å². The SMILES string of the molecule is Cn1c(N)nnc1SCCN. The Kier molecular flexibility index (Phi) is 2.72.